The van der Waals surface area contributed by atoms with Crippen molar-refractivity contribution in [2.75, 3.05) is 23.3 Å². The molecule has 1 fully saturated rings. The first-order valence-corrected chi connectivity index (χ1v) is 13.4. The third-order valence-corrected chi connectivity index (χ3v) is 7.87. The Labute approximate surface area is 228 Å². The first-order chi connectivity index (χ1) is 19.0. The van der Waals surface area contributed by atoms with E-state index in [2.05, 4.69) is 22.2 Å². The smallest absolute Gasteiger partial charge is 0.331 e. The maximum atomic E-state index is 13.4. The largest absolute Gasteiger partial charge is 0.457 e. The molecule has 0 saturated carbocycles. The Kier molecular flexibility index (Phi) is 6.45. The molecule has 0 aliphatic carbocycles. The summed E-state index contributed by atoms with van der Waals surface area (Å²) in [5.74, 6) is 0.923. The topological polar surface area (TPSA) is 104 Å². The molecule has 0 spiro atoms. The third kappa shape index (κ3) is 4.70. The van der Waals surface area contributed by atoms with Crippen LogP contribution in [0.5, 0.6) is 11.5 Å². The highest BCUT2D eigenvalue weighted by atomic mass is 32.1. The normalized spacial score (nSPS) is 16.5. The minimum absolute atomic E-state index is 0.147. The van der Waals surface area contributed by atoms with Crippen molar-refractivity contribution >= 4 is 56.5 Å². The molecule has 0 bridgehead atoms. The SMILES string of the molecule is C=CC(=O)N1CCCC(NC(=O)c2sc3nccc4c3c2NC(=O)N4c2ccc(Oc3ccccc3)cc2)C1. The van der Waals surface area contributed by atoms with Crippen LogP contribution in [-0.4, -0.2) is 46.9 Å². The number of ether oxygens (including phenoxy) is 1. The number of para-hydroxylation sites is 1. The summed E-state index contributed by atoms with van der Waals surface area (Å²) in [5.41, 5.74) is 1.75. The molecule has 10 heteroatoms. The highest BCUT2D eigenvalue weighted by molar-refractivity contribution is 7.21. The number of urea groups is 1. The van der Waals surface area contributed by atoms with Crippen molar-refractivity contribution in [3.63, 3.8) is 0 Å². The lowest BCUT2D eigenvalue weighted by atomic mass is 10.1. The van der Waals surface area contributed by atoms with Gasteiger partial charge in [-0.15, -0.1) is 11.3 Å². The summed E-state index contributed by atoms with van der Waals surface area (Å²) >= 11 is 1.23. The second-order valence-electron chi connectivity index (χ2n) is 9.29. The van der Waals surface area contributed by atoms with Crippen molar-refractivity contribution in [2.24, 2.45) is 0 Å². The van der Waals surface area contributed by atoms with Crippen LogP contribution in [0.2, 0.25) is 0 Å². The molecule has 1 atom stereocenters. The molecule has 4 amide bonds. The Morgan fingerprint density at radius 1 is 1.10 bits per heavy atom. The maximum Gasteiger partial charge on any atom is 0.331 e. The van der Waals surface area contributed by atoms with Gasteiger partial charge in [0.05, 0.1) is 22.4 Å². The summed E-state index contributed by atoms with van der Waals surface area (Å²) < 4.78 is 5.88. The quantitative estimate of drug-likeness (QED) is 0.307. The van der Waals surface area contributed by atoms with Crippen molar-refractivity contribution in [1.82, 2.24) is 15.2 Å². The molecule has 9 nitrogen and oxygen atoms in total. The average molecular weight is 540 g/mol. The van der Waals surface area contributed by atoms with Crippen LogP contribution in [0.1, 0.15) is 22.5 Å². The molecule has 39 heavy (non-hydrogen) atoms. The summed E-state index contributed by atoms with van der Waals surface area (Å²) in [6.07, 6.45) is 4.48. The number of hydrogen-bond donors (Lipinski definition) is 2. The Morgan fingerprint density at radius 2 is 1.87 bits per heavy atom. The lowest BCUT2D eigenvalue weighted by Crippen LogP contribution is -2.49. The number of carbonyl (C=O) groups excluding carboxylic acids is 3. The minimum Gasteiger partial charge on any atom is -0.457 e. The molecule has 4 heterocycles. The van der Waals surface area contributed by atoms with E-state index in [1.807, 2.05) is 42.5 Å². The minimum atomic E-state index is -0.375. The summed E-state index contributed by atoms with van der Waals surface area (Å²) in [5, 5.41) is 6.67. The number of benzene rings is 2. The molecule has 1 unspecified atom stereocenters. The van der Waals surface area contributed by atoms with E-state index in [9.17, 15) is 14.4 Å². The number of amides is 4. The van der Waals surface area contributed by atoms with Gasteiger partial charge >= 0.3 is 6.03 Å². The molecule has 2 aliphatic rings. The van der Waals surface area contributed by atoms with Crippen molar-refractivity contribution < 1.29 is 19.1 Å². The Bertz CT molecular complexity index is 1580. The van der Waals surface area contributed by atoms with Crippen molar-refractivity contribution in [1.29, 1.82) is 0 Å². The van der Waals surface area contributed by atoms with Crippen molar-refractivity contribution in [2.45, 2.75) is 18.9 Å². The van der Waals surface area contributed by atoms with Crippen LogP contribution in [0.3, 0.4) is 0 Å². The zero-order chi connectivity index (χ0) is 26.9. The van der Waals surface area contributed by atoms with E-state index < -0.39 is 0 Å². The van der Waals surface area contributed by atoms with E-state index in [1.165, 1.54) is 17.4 Å². The number of piperidine rings is 1. The molecule has 4 aromatic rings. The average Bonchev–Trinajstić information content (AvgIpc) is 3.33. The van der Waals surface area contributed by atoms with E-state index in [4.69, 9.17) is 4.74 Å². The van der Waals surface area contributed by atoms with Crippen LogP contribution in [0.15, 0.2) is 79.5 Å². The Morgan fingerprint density at radius 3 is 2.64 bits per heavy atom. The molecule has 2 aliphatic heterocycles. The predicted molar refractivity (Wildman–Crippen MR) is 151 cm³/mol. The number of nitrogens with zero attached hydrogens (tertiary/aromatic N) is 3. The van der Waals surface area contributed by atoms with Gasteiger partial charge < -0.3 is 20.3 Å². The number of nitrogens with one attached hydrogen (secondary N) is 2. The fourth-order valence-electron chi connectivity index (χ4n) is 4.96. The van der Waals surface area contributed by atoms with E-state index in [-0.39, 0.29) is 23.9 Å². The Balaban J connectivity index is 1.27. The second-order valence-corrected chi connectivity index (χ2v) is 10.3. The van der Waals surface area contributed by atoms with Crippen molar-refractivity contribution in [3.05, 3.63) is 84.4 Å². The zero-order valence-corrected chi connectivity index (χ0v) is 21.7. The van der Waals surface area contributed by atoms with Gasteiger partial charge in [0, 0.05) is 25.3 Å². The molecule has 2 aromatic carbocycles. The molecule has 0 radical (unpaired) electrons. The lowest BCUT2D eigenvalue weighted by Gasteiger charge is -2.32. The first-order valence-electron chi connectivity index (χ1n) is 12.6. The highest BCUT2D eigenvalue weighted by Crippen LogP contribution is 2.45. The Hall–Kier alpha value is -4.70. The predicted octanol–water partition coefficient (Wildman–Crippen LogP) is 5.68. The fourth-order valence-corrected chi connectivity index (χ4v) is 5.99. The van der Waals surface area contributed by atoms with Crippen LogP contribution in [0, 0.1) is 0 Å². The van der Waals surface area contributed by atoms with E-state index >= 15 is 0 Å². The standard InChI is InChI=1S/C29H25N5O4S/c1-2-23(35)33-16-6-7-18(17-33)31-27(36)26-25-24-22(14-15-30-28(24)39-26)34(29(37)32-25)19-10-12-21(13-11-19)38-20-8-4-3-5-9-20/h2-5,8-15,18H,1,6-7,16-17H2,(H,31,36)(H,32,37). The molecule has 1 saturated heterocycles. The first kappa shape index (κ1) is 24.6. The molecule has 196 valence electrons. The van der Waals surface area contributed by atoms with Gasteiger partial charge in [-0.2, -0.15) is 0 Å². The number of rotatable bonds is 6. The molecular weight excluding hydrogens is 514 g/mol. The van der Waals surface area contributed by atoms with E-state index in [0.29, 0.717) is 51.0 Å². The van der Waals surface area contributed by atoms with Crippen LogP contribution in [-0.2, 0) is 4.79 Å². The van der Waals surface area contributed by atoms with E-state index in [0.717, 1.165) is 18.6 Å². The highest BCUT2D eigenvalue weighted by Gasteiger charge is 2.33. The number of thiophene rings is 1. The third-order valence-electron chi connectivity index (χ3n) is 6.77. The summed E-state index contributed by atoms with van der Waals surface area (Å²) in [6, 6.07) is 17.9. The summed E-state index contributed by atoms with van der Waals surface area (Å²) in [6.45, 7) is 4.62. The number of likely N-dealkylation sites (tertiary alicyclic amines) is 1. The molecule has 2 N–H and O–H groups in total. The summed E-state index contributed by atoms with van der Waals surface area (Å²) in [4.78, 5) is 47.5. The van der Waals surface area contributed by atoms with Gasteiger partial charge in [-0.05, 0) is 61.4 Å². The number of hydrogen-bond acceptors (Lipinski definition) is 6. The number of pyridine rings is 1. The number of aromatic nitrogens is 1. The zero-order valence-electron chi connectivity index (χ0n) is 20.9. The van der Waals surface area contributed by atoms with Crippen LogP contribution >= 0.6 is 11.3 Å². The van der Waals surface area contributed by atoms with E-state index in [1.54, 1.807) is 34.2 Å². The second kappa shape index (κ2) is 10.2. The van der Waals surface area contributed by atoms with Crippen LogP contribution in [0.25, 0.3) is 10.2 Å². The van der Waals surface area contributed by atoms with Crippen molar-refractivity contribution in [3.8, 4) is 11.5 Å². The summed E-state index contributed by atoms with van der Waals surface area (Å²) in [7, 11) is 0. The monoisotopic (exact) mass is 539 g/mol. The molecule has 6 rings (SSSR count). The van der Waals surface area contributed by atoms with Gasteiger partial charge in [0.1, 0.15) is 21.2 Å². The molecule has 2 aromatic heterocycles. The van der Waals surface area contributed by atoms with Gasteiger partial charge in [-0.1, -0.05) is 24.8 Å². The fraction of sp³-hybridized carbons (Fsp3) is 0.172. The van der Waals surface area contributed by atoms with Gasteiger partial charge in [-0.3, -0.25) is 14.5 Å². The van der Waals surface area contributed by atoms with Gasteiger partial charge in [-0.25, -0.2) is 9.78 Å². The van der Waals surface area contributed by atoms with Crippen LogP contribution < -0.4 is 20.3 Å². The number of carbonyl (C=O) groups is 3. The van der Waals surface area contributed by atoms with Gasteiger partial charge in [0.25, 0.3) is 5.91 Å². The van der Waals surface area contributed by atoms with Gasteiger partial charge in [0.15, 0.2) is 0 Å². The lowest BCUT2D eigenvalue weighted by molar-refractivity contribution is -0.127. The number of anilines is 3. The van der Waals surface area contributed by atoms with Gasteiger partial charge in [0.2, 0.25) is 5.91 Å². The maximum absolute atomic E-state index is 13.4. The molecular formula is C29H25N5O4S. The van der Waals surface area contributed by atoms with Crippen LogP contribution in [0.4, 0.5) is 21.9 Å².